The van der Waals surface area contributed by atoms with Gasteiger partial charge in [0.15, 0.2) is 0 Å². The van der Waals surface area contributed by atoms with Crippen LogP contribution in [0, 0.1) is 5.82 Å². The number of amides is 2. The molecule has 0 aromatic heterocycles. The van der Waals surface area contributed by atoms with Gasteiger partial charge >= 0.3 is 0 Å². The minimum atomic E-state index is -0.394. The van der Waals surface area contributed by atoms with Gasteiger partial charge in [0.1, 0.15) is 5.82 Å². The average molecular weight is 437 g/mol. The van der Waals surface area contributed by atoms with E-state index < -0.39 is 5.92 Å². The van der Waals surface area contributed by atoms with Crippen molar-refractivity contribution in [3.8, 4) is 0 Å². The highest BCUT2D eigenvalue weighted by Crippen LogP contribution is 2.32. The van der Waals surface area contributed by atoms with Crippen LogP contribution in [0.25, 0.3) is 0 Å². The summed E-state index contributed by atoms with van der Waals surface area (Å²) in [5, 5.41) is 3.35. The van der Waals surface area contributed by atoms with E-state index in [0.717, 1.165) is 29.7 Å². The van der Waals surface area contributed by atoms with Gasteiger partial charge in [-0.25, -0.2) is 4.39 Å². The second-order valence-electron chi connectivity index (χ2n) is 7.68. The molecule has 31 heavy (non-hydrogen) atoms. The molecular formula is C25H22ClFN2O2. The van der Waals surface area contributed by atoms with Gasteiger partial charge in [0.05, 0.1) is 5.92 Å². The lowest BCUT2D eigenvalue weighted by Crippen LogP contribution is -2.35. The molecule has 0 spiro atoms. The maximum Gasteiger partial charge on any atom is 0.258 e. The number of carbonyl (C=O) groups is 2. The first-order valence-corrected chi connectivity index (χ1v) is 10.6. The maximum absolute atomic E-state index is 13.1. The van der Waals surface area contributed by atoms with E-state index in [1.165, 1.54) is 24.3 Å². The first-order chi connectivity index (χ1) is 14.9. The molecule has 158 valence electrons. The highest BCUT2D eigenvalue weighted by Gasteiger charge is 2.25. The SMILES string of the molecule is C[C@@H](C(=O)Nc1ccc(F)cc1)c1ccc2c(c1)CCCN2C(=O)c1cccc(Cl)c1. The summed E-state index contributed by atoms with van der Waals surface area (Å²) in [7, 11) is 0. The average Bonchev–Trinajstić information content (AvgIpc) is 2.78. The molecule has 1 aliphatic rings. The van der Waals surface area contributed by atoms with E-state index in [1.54, 1.807) is 29.2 Å². The Morgan fingerprint density at radius 1 is 1.06 bits per heavy atom. The van der Waals surface area contributed by atoms with E-state index in [4.69, 9.17) is 11.6 Å². The smallest absolute Gasteiger partial charge is 0.258 e. The molecule has 4 rings (SSSR count). The normalized spacial score (nSPS) is 14.0. The third-order valence-electron chi connectivity index (χ3n) is 5.54. The number of aryl methyl sites for hydroxylation is 1. The number of benzene rings is 3. The van der Waals surface area contributed by atoms with Crippen LogP contribution in [-0.2, 0) is 11.2 Å². The monoisotopic (exact) mass is 436 g/mol. The summed E-state index contributed by atoms with van der Waals surface area (Å²) < 4.78 is 13.1. The Kier molecular flexibility index (Phi) is 6.05. The van der Waals surface area contributed by atoms with E-state index in [9.17, 15) is 14.0 Å². The Labute approximate surface area is 185 Å². The van der Waals surface area contributed by atoms with Crippen molar-refractivity contribution in [2.45, 2.75) is 25.7 Å². The number of nitrogens with zero attached hydrogens (tertiary/aromatic N) is 1. The van der Waals surface area contributed by atoms with Gasteiger partial charge in [0, 0.05) is 28.5 Å². The summed E-state index contributed by atoms with van der Waals surface area (Å²) in [6.45, 7) is 2.47. The second-order valence-corrected chi connectivity index (χ2v) is 8.11. The van der Waals surface area contributed by atoms with Crippen LogP contribution in [0.2, 0.25) is 5.02 Å². The quantitative estimate of drug-likeness (QED) is 0.560. The van der Waals surface area contributed by atoms with Crippen LogP contribution >= 0.6 is 11.6 Å². The van der Waals surface area contributed by atoms with Crippen LogP contribution in [0.3, 0.4) is 0 Å². The summed E-state index contributed by atoms with van der Waals surface area (Å²) >= 11 is 6.05. The molecule has 2 amide bonds. The number of hydrogen-bond donors (Lipinski definition) is 1. The number of rotatable bonds is 4. The van der Waals surface area contributed by atoms with Crippen molar-refractivity contribution in [1.82, 2.24) is 0 Å². The van der Waals surface area contributed by atoms with Gasteiger partial charge in [-0.2, -0.15) is 0 Å². The van der Waals surface area contributed by atoms with Crippen molar-refractivity contribution < 1.29 is 14.0 Å². The predicted molar refractivity (Wildman–Crippen MR) is 121 cm³/mol. The molecule has 0 unspecified atom stereocenters. The van der Waals surface area contributed by atoms with Gasteiger partial charge in [-0.15, -0.1) is 0 Å². The van der Waals surface area contributed by atoms with Gasteiger partial charge in [0.25, 0.3) is 5.91 Å². The molecule has 0 bridgehead atoms. The zero-order valence-corrected chi connectivity index (χ0v) is 17.8. The highest BCUT2D eigenvalue weighted by molar-refractivity contribution is 6.31. The van der Waals surface area contributed by atoms with E-state index >= 15 is 0 Å². The van der Waals surface area contributed by atoms with Gasteiger partial charge in [0.2, 0.25) is 5.91 Å². The predicted octanol–water partition coefficient (Wildman–Crippen LogP) is 5.81. The molecule has 0 saturated heterocycles. The largest absolute Gasteiger partial charge is 0.326 e. The van der Waals surface area contributed by atoms with E-state index in [0.29, 0.717) is 22.8 Å². The Bertz CT molecular complexity index is 1130. The molecule has 1 heterocycles. The summed E-state index contributed by atoms with van der Waals surface area (Å²) in [6, 6.07) is 18.4. The Morgan fingerprint density at radius 2 is 1.84 bits per heavy atom. The fourth-order valence-electron chi connectivity index (χ4n) is 3.81. The minimum absolute atomic E-state index is 0.0849. The van der Waals surface area contributed by atoms with Crippen LogP contribution < -0.4 is 10.2 Å². The molecule has 0 fully saturated rings. The number of anilines is 2. The number of nitrogens with one attached hydrogen (secondary N) is 1. The molecule has 0 aliphatic carbocycles. The Morgan fingerprint density at radius 3 is 2.58 bits per heavy atom. The lowest BCUT2D eigenvalue weighted by molar-refractivity contribution is -0.117. The van der Waals surface area contributed by atoms with E-state index in [-0.39, 0.29) is 17.6 Å². The number of hydrogen-bond acceptors (Lipinski definition) is 2. The highest BCUT2D eigenvalue weighted by atomic mass is 35.5. The zero-order chi connectivity index (χ0) is 22.0. The van der Waals surface area contributed by atoms with Gasteiger partial charge in [-0.3, -0.25) is 9.59 Å². The summed E-state index contributed by atoms with van der Waals surface area (Å²) in [6.07, 6.45) is 1.69. The van der Waals surface area contributed by atoms with Crippen molar-refractivity contribution >= 4 is 34.8 Å². The third kappa shape index (κ3) is 4.62. The maximum atomic E-state index is 13.1. The van der Waals surface area contributed by atoms with Crippen LogP contribution in [0.5, 0.6) is 0 Å². The first-order valence-electron chi connectivity index (χ1n) is 10.2. The van der Waals surface area contributed by atoms with Gasteiger partial charge < -0.3 is 10.2 Å². The topological polar surface area (TPSA) is 49.4 Å². The fourth-order valence-corrected chi connectivity index (χ4v) is 4.00. The van der Waals surface area contributed by atoms with E-state index in [1.807, 2.05) is 25.1 Å². The van der Waals surface area contributed by atoms with Crippen LogP contribution in [0.4, 0.5) is 15.8 Å². The third-order valence-corrected chi connectivity index (χ3v) is 5.78. The van der Waals surface area contributed by atoms with Gasteiger partial charge in [-0.05, 0) is 79.4 Å². The second kappa shape index (κ2) is 8.90. The number of fused-ring (bicyclic) bond motifs is 1. The molecule has 6 heteroatoms. The molecule has 0 saturated carbocycles. The van der Waals surface area contributed by atoms with Gasteiger partial charge in [-0.1, -0.05) is 29.8 Å². The standard InChI is InChI=1S/C25H22ClFN2O2/c1-16(24(30)28-22-10-8-21(27)9-11-22)17-7-12-23-18(14-17)5-3-13-29(23)25(31)19-4-2-6-20(26)15-19/h2,4,6-12,14-16H,3,5,13H2,1H3,(H,28,30)/t16-/m1/s1. The zero-order valence-electron chi connectivity index (χ0n) is 17.1. The molecule has 4 nitrogen and oxygen atoms in total. The summed E-state index contributed by atoms with van der Waals surface area (Å²) in [4.78, 5) is 27.5. The van der Waals surface area contributed by atoms with Crippen molar-refractivity contribution in [2.24, 2.45) is 0 Å². The first kappa shape index (κ1) is 21.1. The van der Waals surface area contributed by atoms with Crippen LogP contribution in [0.15, 0.2) is 66.7 Å². The number of halogens is 2. The van der Waals surface area contributed by atoms with Crippen LogP contribution in [0.1, 0.15) is 40.7 Å². The van der Waals surface area contributed by atoms with Crippen LogP contribution in [-0.4, -0.2) is 18.4 Å². The van der Waals surface area contributed by atoms with Crippen molar-refractivity contribution in [2.75, 3.05) is 16.8 Å². The Balaban J connectivity index is 1.54. The molecule has 1 aliphatic heterocycles. The molecule has 1 N–H and O–H groups in total. The molecular weight excluding hydrogens is 415 g/mol. The number of carbonyl (C=O) groups excluding carboxylic acids is 2. The molecule has 0 radical (unpaired) electrons. The summed E-state index contributed by atoms with van der Waals surface area (Å²) in [5.41, 5.74) is 3.88. The minimum Gasteiger partial charge on any atom is -0.326 e. The summed E-state index contributed by atoms with van der Waals surface area (Å²) in [5.74, 6) is -1.00. The molecule has 3 aromatic rings. The van der Waals surface area contributed by atoms with E-state index in [2.05, 4.69) is 5.32 Å². The van der Waals surface area contributed by atoms with Crippen molar-refractivity contribution in [3.05, 3.63) is 94.3 Å². The lowest BCUT2D eigenvalue weighted by Gasteiger charge is -2.30. The molecule has 1 atom stereocenters. The van der Waals surface area contributed by atoms with Crippen molar-refractivity contribution in [1.29, 1.82) is 0 Å². The molecule has 3 aromatic carbocycles. The van der Waals surface area contributed by atoms with Crippen molar-refractivity contribution in [3.63, 3.8) is 0 Å². The Hall–Kier alpha value is -3.18. The lowest BCUT2D eigenvalue weighted by atomic mass is 9.93. The fraction of sp³-hybridized carbons (Fsp3) is 0.200.